The molecule has 130 valence electrons. The number of carboxylic acids is 1. The van der Waals surface area contributed by atoms with Gasteiger partial charge in [-0.2, -0.15) is 0 Å². The molecule has 0 aliphatic heterocycles. The Bertz CT molecular complexity index is 919. The molecule has 8 heteroatoms. The Morgan fingerprint density at radius 3 is 3.00 bits per heavy atom. The van der Waals surface area contributed by atoms with E-state index in [4.69, 9.17) is 0 Å². The van der Waals surface area contributed by atoms with Crippen molar-refractivity contribution in [1.29, 1.82) is 0 Å². The quantitative estimate of drug-likeness (QED) is 0.649. The van der Waals surface area contributed by atoms with Crippen LogP contribution in [0.1, 0.15) is 34.8 Å². The predicted molar refractivity (Wildman–Crippen MR) is 96.1 cm³/mol. The lowest BCUT2D eigenvalue weighted by atomic mass is 9.97. The van der Waals surface area contributed by atoms with Crippen LogP contribution in [-0.4, -0.2) is 37.1 Å². The number of rotatable bonds is 5. The molecule has 0 radical (unpaired) electrons. The van der Waals surface area contributed by atoms with Crippen molar-refractivity contribution in [1.82, 2.24) is 19.9 Å². The number of nitrogens with one attached hydrogen (secondary N) is 2. The summed E-state index contributed by atoms with van der Waals surface area (Å²) >= 11 is 1.71. The first kappa shape index (κ1) is 16.0. The van der Waals surface area contributed by atoms with Crippen molar-refractivity contribution in [2.75, 3.05) is 5.32 Å². The van der Waals surface area contributed by atoms with Gasteiger partial charge in [0.15, 0.2) is 0 Å². The number of nitrogens with zero attached hydrogens (tertiary/aromatic N) is 3. The minimum Gasteiger partial charge on any atom is -0.480 e. The summed E-state index contributed by atoms with van der Waals surface area (Å²) in [6, 6.07) is -0.780. The van der Waals surface area contributed by atoms with Gasteiger partial charge in [0.1, 0.15) is 22.5 Å². The first-order valence-corrected chi connectivity index (χ1v) is 9.19. The van der Waals surface area contributed by atoms with Crippen molar-refractivity contribution in [3.8, 4) is 0 Å². The molecule has 3 aromatic rings. The summed E-state index contributed by atoms with van der Waals surface area (Å²) in [7, 11) is 0. The largest absolute Gasteiger partial charge is 0.480 e. The highest BCUT2D eigenvalue weighted by Crippen LogP contribution is 2.38. The third kappa shape index (κ3) is 3.09. The van der Waals surface area contributed by atoms with E-state index in [0.717, 1.165) is 35.2 Å². The molecule has 3 heterocycles. The average Bonchev–Trinajstić information content (AvgIpc) is 3.20. The second-order valence-electron chi connectivity index (χ2n) is 6.33. The molecule has 0 saturated carbocycles. The number of hydrogen-bond donors (Lipinski definition) is 3. The molecule has 1 aliphatic carbocycles. The van der Waals surface area contributed by atoms with E-state index in [9.17, 15) is 9.90 Å². The third-order valence-corrected chi connectivity index (χ3v) is 5.70. The fourth-order valence-corrected chi connectivity index (χ4v) is 4.66. The van der Waals surface area contributed by atoms with Crippen LogP contribution in [0.25, 0.3) is 10.2 Å². The second-order valence-corrected chi connectivity index (χ2v) is 7.41. The molecule has 1 aliphatic rings. The molecule has 0 saturated heterocycles. The van der Waals surface area contributed by atoms with Gasteiger partial charge in [0, 0.05) is 23.2 Å². The van der Waals surface area contributed by atoms with Crippen LogP contribution in [0.2, 0.25) is 0 Å². The maximum absolute atomic E-state index is 11.7. The molecule has 3 N–H and O–H groups in total. The number of carbonyl (C=O) groups is 1. The summed E-state index contributed by atoms with van der Waals surface area (Å²) in [4.78, 5) is 30.1. The summed E-state index contributed by atoms with van der Waals surface area (Å²) in [6.45, 7) is 1.84. The maximum Gasteiger partial charge on any atom is 0.326 e. The number of thiophene rings is 1. The zero-order chi connectivity index (χ0) is 17.4. The Hall–Kier alpha value is -2.48. The minimum atomic E-state index is -0.914. The van der Waals surface area contributed by atoms with Crippen molar-refractivity contribution in [2.45, 2.75) is 45.1 Å². The van der Waals surface area contributed by atoms with E-state index >= 15 is 0 Å². The van der Waals surface area contributed by atoms with Crippen molar-refractivity contribution in [3.63, 3.8) is 0 Å². The van der Waals surface area contributed by atoms with E-state index in [2.05, 4.69) is 25.3 Å². The van der Waals surface area contributed by atoms with Crippen LogP contribution in [-0.2, 0) is 24.1 Å². The minimum absolute atomic E-state index is 0.312. The van der Waals surface area contributed by atoms with Crippen LogP contribution in [0.3, 0.4) is 0 Å². The maximum atomic E-state index is 11.7. The van der Waals surface area contributed by atoms with E-state index in [1.807, 2.05) is 6.92 Å². The van der Waals surface area contributed by atoms with Gasteiger partial charge in [-0.3, -0.25) is 0 Å². The Kier molecular flexibility index (Phi) is 4.12. The predicted octanol–water partition coefficient (Wildman–Crippen LogP) is 2.71. The summed E-state index contributed by atoms with van der Waals surface area (Å²) < 4.78 is 0. The van der Waals surface area contributed by atoms with Crippen molar-refractivity contribution < 1.29 is 9.90 Å². The summed E-state index contributed by atoms with van der Waals surface area (Å²) in [5, 5.41) is 13.8. The first-order chi connectivity index (χ1) is 12.1. The first-order valence-electron chi connectivity index (χ1n) is 8.37. The van der Waals surface area contributed by atoms with Gasteiger partial charge in [-0.25, -0.2) is 19.7 Å². The molecule has 7 nitrogen and oxygen atoms in total. The Morgan fingerprint density at radius 2 is 2.24 bits per heavy atom. The Morgan fingerprint density at radius 1 is 1.40 bits per heavy atom. The zero-order valence-electron chi connectivity index (χ0n) is 13.9. The van der Waals surface area contributed by atoms with Gasteiger partial charge >= 0.3 is 5.97 Å². The normalized spacial score (nSPS) is 15.1. The number of aliphatic carboxylic acids is 1. The highest BCUT2D eigenvalue weighted by molar-refractivity contribution is 7.19. The van der Waals surface area contributed by atoms with E-state index in [1.165, 1.54) is 16.9 Å². The number of aryl methyl sites for hydroxylation is 3. The summed E-state index contributed by atoms with van der Waals surface area (Å²) in [6.07, 6.45) is 7.95. The number of anilines is 1. The fraction of sp³-hybridized carbons (Fsp3) is 0.412. The number of imidazole rings is 1. The van der Waals surface area contributed by atoms with Crippen molar-refractivity contribution >= 4 is 33.3 Å². The molecular weight excluding hydrogens is 338 g/mol. The number of fused-ring (bicyclic) bond motifs is 3. The lowest BCUT2D eigenvalue weighted by Crippen LogP contribution is -2.32. The van der Waals surface area contributed by atoms with Crippen LogP contribution in [0.15, 0.2) is 12.5 Å². The molecule has 3 aromatic heterocycles. The van der Waals surface area contributed by atoms with E-state index < -0.39 is 12.0 Å². The van der Waals surface area contributed by atoms with Crippen LogP contribution in [0.5, 0.6) is 0 Å². The molecule has 0 aromatic carbocycles. The SMILES string of the molecule is Cc1nc(NC(Cc2cnc[nH]2)C(=O)O)c2c3c(sc2n1)CCCC3. The highest BCUT2D eigenvalue weighted by atomic mass is 32.1. The fourth-order valence-electron chi connectivity index (χ4n) is 3.35. The van der Waals surface area contributed by atoms with Crippen LogP contribution >= 0.6 is 11.3 Å². The topological polar surface area (TPSA) is 104 Å². The second kappa shape index (κ2) is 6.44. The zero-order valence-corrected chi connectivity index (χ0v) is 14.7. The van der Waals surface area contributed by atoms with E-state index in [1.54, 1.807) is 23.9 Å². The molecule has 4 rings (SSSR count). The average molecular weight is 357 g/mol. The van der Waals surface area contributed by atoms with Gasteiger partial charge in [0.05, 0.1) is 11.7 Å². The molecule has 0 bridgehead atoms. The van der Waals surface area contributed by atoms with Crippen molar-refractivity contribution in [3.05, 3.63) is 34.5 Å². The molecule has 25 heavy (non-hydrogen) atoms. The number of aromatic amines is 1. The number of carboxylic acid groups (broad SMARTS) is 1. The van der Waals surface area contributed by atoms with Crippen LogP contribution < -0.4 is 5.32 Å². The molecule has 0 spiro atoms. The molecule has 0 fully saturated rings. The molecular formula is C17H19N5O2S. The Balaban J connectivity index is 1.74. The number of H-pyrrole nitrogens is 1. The molecule has 1 atom stereocenters. The number of hydrogen-bond acceptors (Lipinski definition) is 6. The van der Waals surface area contributed by atoms with Gasteiger partial charge in [0.25, 0.3) is 0 Å². The Labute approximate surface area is 148 Å². The lowest BCUT2D eigenvalue weighted by molar-refractivity contribution is -0.137. The van der Waals surface area contributed by atoms with Crippen LogP contribution in [0.4, 0.5) is 5.82 Å². The molecule has 1 unspecified atom stereocenters. The third-order valence-electron chi connectivity index (χ3n) is 4.51. The van der Waals surface area contributed by atoms with Crippen LogP contribution in [0, 0.1) is 6.92 Å². The van der Waals surface area contributed by atoms with Gasteiger partial charge in [-0.1, -0.05) is 0 Å². The summed E-state index contributed by atoms with van der Waals surface area (Å²) in [5.74, 6) is 0.371. The van der Waals surface area contributed by atoms with E-state index in [0.29, 0.717) is 18.1 Å². The van der Waals surface area contributed by atoms with Gasteiger partial charge in [-0.05, 0) is 38.2 Å². The van der Waals surface area contributed by atoms with Gasteiger partial charge in [0.2, 0.25) is 0 Å². The highest BCUT2D eigenvalue weighted by Gasteiger charge is 2.24. The van der Waals surface area contributed by atoms with Gasteiger partial charge < -0.3 is 15.4 Å². The lowest BCUT2D eigenvalue weighted by Gasteiger charge is -2.17. The van der Waals surface area contributed by atoms with E-state index in [-0.39, 0.29) is 0 Å². The molecule has 0 amide bonds. The smallest absolute Gasteiger partial charge is 0.326 e. The standard InChI is InChI=1S/C17H19N5O2S/c1-9-20-15(22-12(17(23)24)6-10-7-18-8-19-10)14-11-4-2-3-5-13(11)25-16(14)21-9/h7-8,12H,2-6H2,1H3,(H,18,19)(H,23,24)(H,20,21,22). The van der Waals surface area contributed by atoms with Crippen molar-refractivity contribution in [2.24, 2.45) is 0 Å². The summed E-state index contributed by atoms with van der Waals surface area (Å²) in [5.41, 5.74) is 2.06. The number of aromatic nitrogens is 4. The monoisotopic (exact) mass is 357 g/mol. The van der Waals surface area contributed by atoms with Gasteiger partial charge in [-0.15, -0.1) is 11.3 Å².